The van der Waals surface area contributed by atoms with Gasteiger partial charge >= 0.3 is 0 Å². The summed E-state index contributed by atoms with van der Waals surface area (Å²) in [6.45, 7) is 8.78. The molecule has 3 aromatic carbocycles. The van der Waals surface area contributed by atoms with Crippen molar-refractivity contribution in [2.45, 2.75) is 33.1 Å². The topological polar surface area (TPSA) is 60.2 Å². The number of phenols is 1. The molecule has 0 aliphatic carbocycles. The number of aromatic nitrogens is 3. The molecule has 36 heavy (non-hydrogen) atoms. The van der Waals surface area contributed by atoms with Crippen LogP contribution >= 0.6 is 0 Å². The van der Waals surface area contributed by atoms with Crippen LogP contribution in [-0.4, -0.2) is 19.6 Å². The lowest BCUT2D eigenvalue weighted by atomic mass is 9.86. The quantitative estimate of drug-likeness (QED) is 0.284. The van der Waals surface area contributed by atoms with Crippen LogP contribution in [0.3, 0.4) is 0 Å². The Morgan fingerprint density at radius 1 is 0.833 bits per heavy atom. The van der Waals surface area contributed by atoms with Gasteiger partial charge in [-0.1, -0.05) is 45.0 Å². The smallest absolute Gasteiger partial charge is 0.219 e. The van der Waals surface area contributed by atoms with Gasteiger partial charge in [0.05, 0.1) is 11.0 Å². The molecule has 3 heterocycles. The van der Waals surface area contributed by atoms with Crippen LogP contribution in [0.5, 0.6) is 17.4 Å². The van der Waals surface area contributed by atoms with E-state index in [1.165, 1.54) is 10.9 Å². The minimum absolute atomic E-state index is 0.0416. The Hall–Kier alpha value is -4.38. The second-order valence-corrected chi connectivity index (χ2v) is 10.2. The molecule has 0 saturated heterocycles. The van der Waals surface area contributed by atoms with Crippen LogP contribution in [0, 0.1) is 6.92 Å². The molecule has 0 unspecified atom stereocenters. The van der Waals surface area contributed by atoms with Crippen molar-refractivity contribution < 1.29 is 9.84 Å². The normalized spacial score (nSPS) is 12.0. The third-order valence-corrected chi connectivity index (χ3v) is 6.69. The molecule has 178 valence electrons. The van der Waals surface area contributed by atoms with Crippen molar-refractivity contribution >= 4 is 32.7 Å². The zero-order chi connectivity index (χ0) is 25.0. The molecule has 0 amide bonds. The van der Waals surface area contributed by atoms with Gasteiger partial charge in [-0.25, -0.2) is 9.97 Å². The molecular weight excluding hydrogens is 446 g/mol. The van der Waals surface area contributed by atoms with E-state index in [-0.39, 0.29) is 11.2 Å². The number of para-hydroxylation sites is 1. The van der Waals surface area contributed by atoms with Crippen LogP contribution in [0.4, 0.5) is 0 Å². The molecule has 5 heteroatoms. The first-order valence-electron chi connectivity index (χ1n) is 12.1. The molecule has 1 N–H and O–H groups in total. The number of hydrogen-bond acceptors (Lipinski definition) is 4. The predicted octanol–water partition coefficient (Wildman–Crippen LogP) is 7.83. The Morgan fingerprint density at radius 3 is 2.50 bits per heavy atom. The van der Waals surface area contributed by atoms with E-state index in [0.717, 1.165) is 33.2 Å². The summed E-state index contributed by atoms with van der Waals surface area (Å²) < 4.78 is 8.40. The first-order chi connectivity index (χ1) is 17.3. The number of pyridine rings is 2. The second-order valence-electron chi connectivity index (χ2n) is 10.2. The zero-order valence-corrected chi connectivity index (χ0v) is 20.8. The average molecular weight is 474 g/mol. The predicted molar refractivity (Wildman–Crippen MR) is 145 cm³/mol. The highest BCUT2D eigenvalue weighted by atomic mass is 16.5. The van der Waals surface area contributed by atoms with Gasteiger partial charge in [0.15, 0.2) is 0 Å². The third-order valence-electron chi connectivity index (χ3n) is 6.69. The number of aromatic hydroxyl groups is 1. The van der Waals surface area contributed by atoms with Gasteiger partial charge < -0.3 is 9.84 Å². The fourth-order valence-corrected chi connectivity index (χ4v) is 4.76. The van der Waals surface area contributed by atoms with Crippen LogP contribution in [0.2, 0.25) is 0 Å². The van der Waals surface area contributed by atoms with Crippen LogP contribution in [0.25, 0.3) is 38.5 Å². The average Bonchev–Trinajstić information content (AvgIpc) is 3.17. The molecule has 6 rings (SSSR count). The monoisotopic (exact) mass is 473 g/mol. The van der Waals surface area contributed by atoms with E-state index < -0.39 is 0 Å². The summed E-state index contributed by atoms with van der Waals surface area (Å²) in [4.78, 5) is 9.27. The van der Waals surface area contributed by atoms with Gasteiger partial charge in [-0.2, -0.15) is 0 Å². The Morgan fingerprint density at radius 2 is 1.69 bits per heavy atom. The van der Waals surface area contributed by atoms with E-state index in [1.807, 2.05) is 42.6 Å². The number of hydrogen-bond donors (Lipinski definition) is 1. The summed E-state index contributed by atoms with van der Waals surface area (Å²) in [5, 5.41) is 13.4. The lowest BCUT2D eigenvalue weighted by Crippen LogP contribution is -2.10. The number of fused-ring (bicyclic) bond motifs is 4. The highest BCUT2D eigenvalue weighted by molar-refractivity contribution is 6.09. The number of rotatable bonds is 3. The fraction of sp³-hybridized carbons (Fsp3) is 0.161. The number of nitrogens with zero attached hydrogens (tertiary/aromatic N) is 3. The maximum Gasteiger partial charge on any atom is 0.219 e. The lowest BCUT2D eigenvalue weighted by molar-refractivity contribution is 0.460. The van der Waals surface area contributed by atoms with Crippen molar-refractivity contribution in [3.63, 3.8) is 0 Å². The highest BCUT2D eigenvalue weighted by Crippen LogP contribution is 2.37. The van der Waals surface area contributed by atoms with Gasteiger partial charge in [0.2, 0.25) is 5.88 Å². The van der Waals surface area contributed by atoms with Gasteiger partial charge in [-0.15, -0.1) is 0 Å². The number of ether oxygens (including phenoxy) is 1. The molecule has 0 saturated carbocycles. The maximum atomic E-state index is 10.2. The molecule has 0 spiro atoms. The summed E-state index contributed by atoms with van der Waals surface area (Å²) >= 11 is 0. The van der Waals surface area contributed by atoms with Crippen LogP contribution in [0.1, 0.15) is 31.9 Å². The fourth-order valence-electron chi connectivity index (χ4n) is 4.76. The van der Waals surface area contributed by atoms with Crippen molar-refractivity contribution in [2.24, 2.45) is 0 Å². The molecular formula is C31H27N3O2. The largest absolute Gasteiger partial charge is 0.506 e. The first kappa shape index (κ1) is 22.1. The van der Waals surface area contributed by atoms with E-state index in [0.29, 0.717) is 17.1 Å². The summed E-state index contributed by atoms with van der Waals surface area (Å²) in [5.74, 6) is 2.12. The minimum Gasteiger partial charge on any atom is -0.506 e. The van der Waals surface area contributed by atoms with Crippen LogP contribution in [-0.2, 0) is 5.41 Å². The van der Waals surface area contributed by atoms with Crippen molar-refractivity contribution in [1.82, 2.24) is 14.5 Å². The first-order valence-corrected chi connectivity index (χ1v) is 12.1. The Balaban J connectivity index is 1.55. The third kappa shape index (κ3) is 3.64. The zero-order valence-electron chi connectivity index (χ0n) is 20.8. The molecule has 0 fully saturated rings. The second kappa shape index (κ2) is 8.09. The van der Waals surface area contributed by atoms with Crippen molar-refractivity contribution in [3.8, 4) is 23.2 Å². The Labute approximate surface area is 209 Å². The number of benzene rings is 3. The Bertz CT molecular complexity index is 1780. The molecule has 0 atom stereocenters. The van der Waals surface area contributed by atoms with E-state index in [9.17, 15) is 5.11 Å². The summed E-state index contributed by atoms with van der Waals surface area (Å²) in [7, 11) is 0. The van der Waals surface area contributed by atoms with Crippen molar-refractivity contribution in [3.05, 3.63) is 96.2 Å². The van der Waals surface area contributed by atoms with E-state index in [1.54, 1.807) is 12.1 Å². The van der Waals surface area contributed by atoms with Gasteiger partial charge in [0, 0.05) is 34.5 Å². The molecule has 5 nitrogen and oxygen atoms in total. The maximum absolute atomic E-state index is 10.2. The molecule has 3 aromatic heterocycles. The van der Waals surface area contributed by atoms with Crippen LogP contribution in [0.15, 0.2) is 85.1 Å². The summed E-state index contributed by atoms with van der Waals surface area (Å²) in [5.41, 5.74) is 5.05. The number of phenolic OH excluding ortho intramolecular Hbond substituents is 1. The summed E-state index contributed by atoms with van der Waals surface area (Å²) in [6.07, 6.45) is 1.83. The SMILES string of the molecule is Cc1cccnc1-n1c2ccc(C(C)(C)C)cc2c2ccc(Oc3ccc4cccc(O)c4n3)cc21. The molecule has 6 aromatic rings. The van der Waals surface area contributed by atoms with Gasteiger partial charge in [-0.3, -0.25) is 4.57 Å². The van der Waals surface area contributed by atoms with Gasteiger partial charge in [0.1, 0.15) is 22.8 Å². The molecule has 0 radical (unpaired) electrons. The van der Waals surface area contributed by atoms with Gasteiger partial charge in [-0.05, 0) is 65.9 Å². The summed E-state index contributed by atoms with van der Waals surface area (Å²) in [6, 6.07) is 25.9. The highest BCUT2D eigenvalue weighted by Gasteiger charge is 2.19. The molecule has 0 bridgehead atoms. The van der Waals surface area contributed by atoms with Gasteiger partial charge in [0.25, 0.3) is 0 Å². The minimum atomic E-state index is 0.0416. The van der Waals surface area contributed by atoms with E-state index in [4.69, 9.17) is 9.72 Å². The van der Waals surface area contributed by atoms with E-state index in [2.05, 4.69) is 67.6 Å². The molecule has 0 aliphatic rings. The lowest BCUT2D eigenvalue weighted by Gasteiger charge is -2.19. The Kier molecular flexibility index (Phi) is 4.97. The standard InChI is InChI=1S/C31H27N3O2/c1-19-7-6-16-32-30(19)34-25-14-11-21(31(2,3)4)17-24(25)23-13-12-22(18-26(23)34)36-28-15-10-20-8-5-9-27(35)29(20)33-28/h5-18,35H,1-4H3. The van der Waals surface area contributed by atoms with E-state index >= 15 is 0 Å². The van der Waals surface area contributed by atoms with Crippen molar-refractivity contribution in [2.75, 3.05) is 0 Å². The van der Waals surface area contributed by atoms with Crippen molar-refractivity contribution in [1.29, 1.82) is 0 Å². The van der Waals surface area contributed by atoms with Crippen LogP contribution < -0.4 is 4.74 Å². The number of aryl methyl sites for hydroxylation is 1. The molecule has 0 aliphatic heterocycles.